The number of unbranched alkanes of at least 4 members (excludes halogenated alkanes) is 4. The van der Waals surface area contributed by atoms with Gasteiger partial charge in [0.15, 0.2) is 0 Å². The zero-order chi connectivity index (χ0) is 16.5. The van der Waals surface area contributed by atoms with Gasteiger partial charge in [-0.1, -0.05) is 50.8 Å². The number of anilines is 1. The molecule has 0 aromatic heterocycles. The molecule has 0 aliphatic carbocycles. The fraction of sp³-hybridized carbons (Fsp3) is 0.529. The lowest BCUT2D eigenvalue weighted by Crippen LogP contribution is -2.48. The Balaban J connectivity index is 2.68. The minimum atomic E-state index is -0.333. The normalized spacial score (nSPS) is 10.3. The SMILES string of the molecule is CCCCCCCNC(=O)N(C(=N)N)c1c(C)cccc1C. The van der Waals surface area contributed by atoms with E-state index in [4.69, 9.17) is 11.1 Å². The largest absolute Gasteiger partial charge is 0.369 e. The van der Waals surface area contributed by atoms with Crippen LogP contribution in [0.5, 0.6) is 0 Å². The van der Waals surface area contributed by atoms with Crippen LogP contribution in [0.2, 0.25) is 0 Å². The van der Waals surface area contributed by atoms with Crippen molar-refractivity contribution < 1.29 is 4.79 Å². The van der Waals surface area contributed by atoms with Crippen molar-refractivity contribution in [3.8, 4) is 0 Å². The van der Waals surface area contributed by atoms with E-state index >= 15 is 0 Å². The molecule has 2 amide bonds. The van der Waals surface area contributed by atoms with Crippen LogP contribution in [0.3, 0.4) is 0 Å². The van der Waals surface area contributed by atoms with E-state index in [0.717, 1.165) is 24.0 Å². The van der Waals surface area contributed by atoms with Gasteiger partial charge in [-0.25, -0.2) is 9.69 Å². The Bertz CT molecular complexity index is 493. The maximum Gasteiger partial charge on any atom is 0.328 e. The molecule has 22 heavy (non-hydrogen) atoms. The molecule has 4 N–H and O–H groups in total. The molecular formula is C17H28N4O. The third-order valence-corrected chi connectivity index (χ3v) is 3.66. The fourth-order valence-corrected chi connectivity index (χ4v) is 2.49. The van der Waals surface area contributed by atoms with E-state index in [1.807, 2.05) is 32.0 Å². The monoisotopic (exact) mass is 304 g/mol. The first kappa shape index (κ1) is 18.0. The minimum absolute atomic E-state index is 0.263. The summed E-state index contributed by atoms with van der Waals surface area (Å²) in [6.07, 6.45) is 5.69. The first-order valence-corrected chi connectivity index (χ1v) is 7.97. The van der Waals surface area contributed by atoms with Crippen molar-refractivity contribution in [2.75, 3.05) is 11.4 Å². The predicted octanol–water partition coefficient (Wildman–Crippen LogP) is 3.68. The van der Waals surface area contributed by atoms with Crippen LogP contribution in [0.4, 0.5) is 10.5 Å². The van der Waals surface area contributed by atoms with Crippen molar-refractivity contribution in [3.05, 3.63) is 29.3 Å². The van der Waals surface area contributed by atoms with Crippen LogP contribution >= 0.6 is 0 Å². The number of nitrogens with one attached hydrogen (secondary N) is 2. The summed E-state index contributed by atoms with van der Waals surface area (Å²) in [6.45, 7) is 6.61. The number of guanidine groups is 1. The molecule has 5 nitrogen and oxygen atoms in total. The van der Waals surface area contributed by atoms with Gasteiger partial charge in [-0.2, -0.15) is 0 Å². The van der Waals surface area contributed by atoms with Crippen LogP contribution in [0.15, 0.2) is 18.2 Å². The Hall–Kier alpha value is -2.04. The third-order valence-electron chi connectivity index (χ3n) is 3.66. The fourth-order valence-electron chi connectivity index (χ4n) is 2.49. The molecule has 0 heterocycles. The quantitative estimate of drug-likeness (QED) is 0.408. The van der Waals surface area contributed by atoms with Gasteiger partial charge >= 0.3 is 6.03 Å². The van der Waals surface area contributed by atoms with Crippen LogP contribution in [0.1, 0.15) is 50.2 Å². The van der Waals surface area contributed by atoms with Crippen LogP contribution in [-0.2, 0) is 0 Å². The molecule has 1 aromatic carbocycles. The zero-order valence-electron chi connectivity index (χ0n) is 13.9. The van der Waals surface area contributed by atoms with Crippen LogP contribution in [-0.4, -0.2) is 18.5 Å². The smallest absolute Gasteiger partial charge is 0.328 e. The number of rotatable bonds is 7. The number of benzene rings is 1. The molecule has 1 rings (SSSR count). The Labute approximate surface area is 133 Å². The maximum absolute atomic E-state index is 12.4. The standard InChI is InChI=1S/C17H28N4O/c1-4-5-6-7-8-12-20-17(22)21(16(18)19)15-13(2)10-9-11-14(15)3/h9-11H,4-8,12H2,1-3H3,(H3,18,19)(H,20,22). The molecular weight excluding hydrogens is 276 g/mol. The second kappa shape index (κ2) is 9.07. The number of carbonyl (C=O) groups excluding carboxylic acids is 1. The number of urea groups is 1. The van der Waals surface area contributed by atoms with E-state index in [2.05, 4.69) is 12.2 Å². The number of hydrogen-bond acceptors (Lipinski definition) is 2. The molecule has 5 heteroatoms. The molecule has 0 spiro atoms. The Kier molecular flexibility index (Phi) is 7.43. The second-order valence-electron chi connectivity index (χ2n) is 5.61. The van der Waals surface area contributed by atoms with E-state index in [1.165, 1.54) is 24.2 Å². The van der Waals surface area contributed by atoms with E-state index < -0.39 is 0 Å². The summed E-state index contributed by atoms with van der Waals surface area (Å²) in [6, 6.07) is 5.42. The molecule has 122 valence electrons. The number of nitrogens with zero attached hydrogens (tertiary/aromatic N) is 1. The van der Waals surface area contributed by atoms with Crippen LogP contribution < -0.4 is 16.0 Å². The number of aryl methyl sites for hydroxylation is 2. The van der Waals surface area contributed by atoms with Gasteiger partial charge in [-0.3, -0.25) is 5.41 Å². The molecule has 1 aromatic rings. The summed E-state index contributed by atoms with van der Waals surface area (Å²) in [5, 5.41) is 10.6. The lowest BCUT2D eigenvalue weighted by molar-refractivity contribution is 0.248. The summed E-state index contributed by atoms with van der Waals surface area (Å²) in [4.78, 5) is 13.6. The molecule has 0 aliphatic heterocycles. The Morgan fingerprint density at radius 3 is 2.32 bits per heavy atom. The molecule has 0 radical (unpaired) electrons. The van der Waals surface area contributed by atoms with Gasteiger partial charge in [-0.05, 0) is 31.4 Å². The van der Waals surface area contributed by atoms with E-state index in [9.17, 15) is 4.79 Å². The summed E-state index contributed by atoms with van der Waals surface area (Å²) in [5.74, 6) is -0.263. The van der Waals surface area contributed by atoms with Gasteiger partial charge in [0, 0.05) is 6.54 Å². The van der Waals surface area contributed by atoms with Crippen molar-refractivity contribution in [1.82, 2.24) is 5.32 Å². The summed E-state index contributed by atoms with van der Waals surface area (Å²) in [7, 11) is 0. The van der Waals surface area contributed by atoms with E-state index in [-0.39, 0.29) is 12.0 Å². The third kappa shape index (κ3) is 5.06. The number of hydrogen-bond donors (Lipinski definition) is 3. The number of para-hydroxylation sites is 1. The van der Waals surface area contributed by atoms with E-state index in [0.29, 0.717) is 12.2 Å². The van der Waals surface area contributed by atoms with Crippen molar-refractivity contribution >= 4 is 17.7 Å². The second-order valence-corrected chi connectivity index (χ2v) is 5.61. The van der Waals surface area contributed by atoms with Crippen molar-refractivity contribution in [3.63, 3.8) is 0 Å². The van der Waals surface area contributed by atoms with Crippen molar-refractivity contribution in [2.45, 2.75) is 52.9 Å². The molecule has 0 saturated carbocycles. The van der Waals surface area contributed by atoms with Crippen LogP contribution in [0, 0.1) is 19.3 Å². The highest BCUT2D eigenvalue weighted by atomic mass is 16.2. The summed E-state index contributed by atoms with van der Waals surface area (Å²) >= 11 is 0. The summed E-state index contributed by atoms with van der Waals surface area (Å²) < 4.78 is 0. The average molecular weight is 304 g/mol. The first-order valence-electron chi connectivity index (χ1n) is 7.97. The Morgan fingerprint density at radius 2 is 1.77 bits per heavy atom. The maximum atomic E-state index is 12.4. The topological polar surface area (TPSA) is 82.2 Å². The summed E-state index contributed by atoms with van der Waals surface area (Å²) in [5.41, 5.74) is 8.17. The van der Waals surface area contributed by atoms with Gasteiger partial charge in [0.05, 0.1) is 5.69 Å². The molecule has 0 saturated heterocycles. The van der Waals surface area contributed by atoms with Gasteiger partial charge in [-0.15, -0.1) is 0 Å². The number of carbonyl (C=O) groups is 1. The lowest BCUT2D eigenvalue weighted by atomic mass is 10.1. The first-order chi connectivity index (χ1) is 10.5. The van der Waals surface area contributed by atoms with Gasteiger partial charge in [0.25, 0.3) is 0 Å². The highest BCUT2D eigenvalue weighted by molar-refractivity contribution is 6.14. The van der Waals surface area contributed by atoms with Gasteiger partial charge in [0.1, 0.15) is 0 Å². The molecule has 0 unspecified atom stereocenters. The molecule has 0 aliphatic rings. The molecule has 0 bridgehead atoms. The van der Waals surface area contributed by atoms with Gasteiger partial charge in [0.2, 0.25) is 5.96 Å². The molecule has 0 fully saturated rings. The highest BCUT2D eigenvalue weighted by Gasteiger charge is 2.21. The number of amides is 2. The minimum Gasteiger partial charge on any atom is -0.369 e. The number of nitrogens with two attached hydrogens (primary N) is 1. The van der Waals surface area contributed by atoms with Crippen molar-refractivity contribution in [2.24, 2.45) is 5.73 Å². The van der Waals surface area contributed by atoms with E-state index in [1.54, 1.807) is 0 Å². The van der Waals surface area contributed by atoms with Gasteiger partial charge < -0.3 is 11.1 Å². The highest BCUT2D eigenvalue weighted by Crippen LogP contribution is 2.24. The average Bonchev–Trinajstić information content (AvgIpc) is 2.46. The van der Waals surface area contributed by atoms with Crippen LogP contribution in [0.25, 0.3) is 0 Å². The predicted molar refractivity (Wildman–Crippen MR) is 92.5 cm³/mol. The lowest BCUT2D eigenvalue weighted by Gasteiger charge is -2.24. The zero-order valence-corrected chi connectivity index (χ0v) is 13.9. The van der Waals surface area contributed by atoms with Crippen molar-refractivity contribution in [1.29, 1.82) is 5.41 Å². The Morgan fingerprint density at radius 1 is 1.18 bits per heavy atom. The molecule has 0 atom stereocenters.